The maximum Gasteiger partial charge on any atom is 0.261 e. The van der Waals surface area contributed by atoms with Crippen LogP contribution in [0.5, 0.6) is 0 Å². The minimum absolute atomic E-state index is 0.248. The van der Waals surface area contributed by atoms with Gasteiger partial charge < -0.3 is 14.8 Å². The maximum atomic E-state index is 13.2. The number of H-pyrrole nitrogens is 1. The number of aromatic amines is 1. The first-order valence-electron chi connectivity index (χ1n) is 11.9. The monoisotopic (exact) mass is 469 g/mol. The van der Waals surface area contributed by atoms with Crippen LogP contribution in [0.15, 0.2) is 47.4 Å². The SMILES string of the molecule is CCN(CCN(C)C)c1cc2[nH]c(C3CCCCC3)nc2cc1NS(=O)(=O)c1ccccc1. The molecule has 3 aromatic rings. The number of hydrogen-bond donors (Lipinski definition) is 2. The summed E-state index contributed by atoms with van der Waals surface area (Å²) in [5.41, 5.74) is 3.18. The normalized spacial score (nSPS) is 15.3. The first-order chi connectivity index (χ1) is 15.9. The van der Waals surface area contributed by atoms with Crippen LogP contribution in [-0.4, -0.2) is 57.0 Å². The Hall–Kier alpha value is -2.58. The Morgan fingerprint density at radius 1 is 1.06 bits per heavy atom. The van der Waals surface area contributed by atoms with E-state index in [9.17, 15) is 8.42 Å². The highest BCUT2D eigenvalue weighted by molar-refractivity contribution is 7.92. The Morgan fingerprint density at radius 2 is 1.79 bits per heavy atom. The lowest BCUT2D eigenvalue weighted by Crippen LogP contribution is -2.32. The number of hydrogen-bond acceptors (Lipinski definition) is 5. The van der Waals surface area contributed by atoms with Crippen molar-refractivity contribution in [3.05, 3.63) is 48.3 Å². The van der Waals surface area contributed by atoms with Gasteiger partial charge in [-0.2, -0.15) is 0 Å². The molecule has 1 aromatic heterocycles. The lowest BCUT2D eigenvalue weighted by atomic mass is 9.89. The molecule has 2 N–H and O–H groups in total. The lowest BCUT2D eigenvalue weighted by molar-refractivity contribution is 0.414. The minimum atomic E-state index is -3.72. The van der Waals surface area contributed by atoms with Crippen molar-refractivity contribution >= 4 is 32.4 Å². The fourth-order valence-corrected chi connectivity index (χ4v) is 5.64. The summed E-state index contributed by atoms with van der Waals surface area (Å²) in [6, 6.07) is 12.4. The number of fused-ring (bicyclic) bond motifs is 1. The van der Waals surface area contributed by atoms with E-state index < -0.39 is 10.0 Å². The van der Waals surface area contributed by atoms with Crippen LogP contribution in [0, 0.1) is 0 Å². The molecule has 0 bridgehead atoms. The lowest BCUT2D eigenvalue weighted by Gasteiger charge is -2.27. The van der Waals surface area contributed by atoms with Crippen molar-refractivity contribution in [2.24, 2.45) is 0 Å². The minimum Gasteiger partial charge on any atom is -0.369 e. The number of nitrogens with one attached hydrogen (secondary N) is 2. The van der Waals surface area contributed by atoms with Gasteiger partial charge in [-0.3, -0.25) is 4.72 Å². The van der Waals surface area contributed by atoms with E-state index in [1.165, 1.54) is 19.3 Å². The van der Waals surface area contributed by atoms with E-state index in [0.29, 0.717) is 11.6 Å². The summed E-state index contributed by atoms with van der Waals surface area (Å²) >= 11 is 0. The number of sulfonamides is 1. The van der Waals surface area contributed by atoms with Crippen LogP contribution < -0.4 is 9.62 Å². The van der Waals surface area contributed by atoms with Crippen molar-refractivity contribution in [1.82, 2.24) is 14.9 Å². The summed E-state index contributed by atoms with van der Waals surface area (Å²) < 4.78 is 29.2. The van der Waals surface area contributed by atoms with Gasteiger partial charge in [0, 0.05) is 25.6 Å². The molecule has 1 heterocycles. The zero-order chi connectivity index (χ0) is 23.4. The van der Waals surface area contributed by atoms with Crippen LogP contribution in [0.2, 0.25) is 0 Å². The van der Waals surface area contributed by atoms with Crippen LogP contribution in [0.25, 0.3) is 11.0 Å². The molecule has 0 atom stereocenters. The number of rotatable bonds is 9. The van der Waals surface area contributed by atoms with E-state index in [1.807, 2.05) is 26.2 Å². The third kappa shape index (κ3) is 5.50. The van der Waals surface area contributed by atoms with E-state index in [1.54, 1.807) is 24.3 Å². The predicted molar refractivity (Wildman–Crippen MR) is 136 cm³/mol. The van der Waals surface area contributed by atoms with E-state index in [4.69, 9.17) is 4.98 Å². The molecule has 0 amide bonds. The van der Waals surface area contributed by atoms with Crippen molar-refractivity contribution in [3.8, 4) is 0 Å². The molecule has 0 unspecified atom stereocenters. The first kappa shape index (κ1) is 23.6. The average molecular weight is 470 g/mol. The number of anilines is 2. The first-order valence-corrected chi connectivity index (χ1v) is 13.4. The van der Waals surface area contributed by atoms with Crippen LogP contribution in [0.4, 0.5) is 11.4 Å². The van der Waals surface area contributed by atoms with Gasteiger partial charge in [0.1, 0.15) is 5.82 Å². The number of nitrogens with zero attached hydrogens (tertiary/aromatic N) is 3. The zero-order valence-electron chi connectivity index (χ0n) is 19.8. The molecule has 4 rings (SSSR count). The van der Waals surface area contributed by atoms with Crippen molar-refractivity contribution in [2.45, 2.75) is 49.8 Å². The summed E-state index contributed by atoms with van der Waals surface area (Å²) in [6.45, 7) is 4.52. The van der Waals surface area contributed by atoms with Crippen molar-refractivity contribution in [3.63, 3.8) is 0 Å². The van der Waals surface area contributed by atoms with Gasteiger partial charge in [0.25, 0.3) is 10.0 Å². The van der Waals surface area contributed by atoms with Gasteiger partial charge in [-0.15, -0.1) is 0 Å². The average Bonchev–Trinajstić information content (AvgIpc) is 3.23. The summed E-state index contributed by atoms with van der Waals surface area (Å²) in [5, 5.41) is 0. The molecule has 8 heteroatoms. The van der Waals surface area contributed by atoms with Gasteiger partial charge in [-0.25, -0.2) is 13.4 Å². The highest BCUT2D eigenvalue weighted by atomic mass is 32.2. The summed E-state index contributed by atoms with van der Waals surface area (Å²) in [7, 11) is 0.370. The molecule has 0 aliphatic heterocycles. The quantitative estimate of drug-likeness (QED) is 0.470. The fraction of sp³-hybridized carbons (Fsp3) is 0.480. The second-order valence-corrected chi connectivity index (χ2v) is 10.8. The molecular weight excluding hydrogens is 434 g/mol. The number of imidazole rings is 1. The summed E-state index contributed by atoms with van der Waals surface area (Å²) in [5.74, 6) is 1.48. The van der Waals surface area contributed by atoms with Gasteiger partial charge >= 0.3 is 0 Å². The summed E-state index contributed by atoms with van der Waals surface area (Å²) in [6.07, 6.45) is 6.09. The van der Waals surface area contributed by atoms with Crippen LogP contribution in [0.3, 0.4) is 0 Å². The molecule has 1 saturated carbocycles. The van der Waals surface area contributed by atoms with E-state index in [0.717, 1.165) is 55.0 Å². The largest absolute Gasteiger partial charge is 0.369 e. The summed E-state index contributed by atoms with van der Waals surface area (Å²) in [4.78, 5) is 13.0. The molecule has 1 fully saturated rings. The van der Waals surface area contributed by atoms with Gasteiger partial charge in [-0.05, 0) is 58.1 Å². The molecular formula is C25H35N5O2S. The second kappa shape index (κ2) is 10.1. The van der Waals surface area contributed by atoms with Crippen LogP contribution in [0.1, 0.15) is 50.8 Å². The highest BCUT2D eigenvalue weighted by Gasteiger charge is 2.22. The molecule has 0 saturated heterocycles. The molecule has 178 valence electrons. The van der Waals surface area contributed by atoms with Gasteiger partial charge in [0.15, 0.2) is 0 Å². The van der Waals surface area contributed by atoms with Crippen molar-refractivity contribution in [1.29, 1.82) is 0 Å². The van der Waals surface area contributed by atoms with E-state index in [-0.39, 0.29) is 4.90 Å². The number of aromatic nitrogens is 2. The highest BCUT2D eigenvalue weighted by Crippen LogP contribution is 2.36. The molecule has 1 aliphatic rings. The molecule has 0 spiro atoms. The van der Waals surface area contributed by atoms with E-state index in [2.05, 4.69) is 32.5 Å². The Labute approximate surface area is 197 Å². The molecule has 1 aliphatic carbocycles. The Morgan fingerprint density at radius 3 is 2.45 bits per heavy atom. The molecule has 7 nitrogen and oxygen atoms in total. The van der Waals surface area contributed by atoms with Gasteiger partial charge in [-0.1, -0.05) is 37.5 Å². The van der Waals surface area contributed by atoms with Crippen LogP contribution in [-0.2, 0) is 10.0 Å². The predicted octanol–water partition coefficient (Wildman–Crippen LogP) is 4.80. The fourth-order valence-electron chi connectivity index (χ4n) is 4.55. The van der Waals surface area contributed by atoms with Crippen LogP contribution >= 0.6 is 0 Å². The number of benzene rings is 2. The van der Waals surface area contributed by atoms with Gasteiger partial charge in [0.05, 0.1) is 27.3 Å². The topological polar surface area (TPSA) is 81.3 Å². The standard InChI is InChI=1S/C25H35N5O2S/c1-4-30(16-15-29(2)3)24-18-22-21(26-25(27-22)19-11-7-5-8-12-19)17-23(24)28-33(31,32)20-13-9-6-10-14-20/h6,9-10,13-14,17-19,28H,4-5,7-8,11-12,15-16H2,1-3H3,(H,26,27). The maximum absolute atomic E-state index is 13.2. The number of likely N-dealkylation sites (N-methyl/N-ethyl adjacent to an activating group) is 2. The second-order valence-electron chi connectivity index (χ2n) is 9.14. The smallest absolute Gasteiger partial charge is 0.261 e. The van der Waals surface area contributed by atoms with Crippen molar-refractivity contribution in [2.75, 3.05) is 43.4 Å². The molecule has 2 aromatic carbocycles. The Kier molecular flexibility index (Phi) is 7.24. The van der Waals surface area contributed by atoms with E-state index >= 15 is 0 Å². The third-order valence-electron chi connectivity index (χ3n) is 6.45. The third-order valence-corrected chi connectivity index (χ3v) is 7.83. The molecule has 0 radical (unpaired) electrons. The van der Waals surface area contributed by atoms with Crippen molar-refractivity contribution < 1.29 is 8.42 Å². The Balaban J connectivity index is 1.75. The van der Waals surface area contributed by atoms with Gasteiger partial charge in [0.2, 0.25) is 0 Å². The Bertz CT molecular complexity index is 1170. The molecule has 33 heavy (non-hydrogen) atoms. The zero-order valence-corrected chi connectivity index (χ0v) is 20.7.